The van der Waals surface area contributed by atoms with Gasteiger partial charge in [0.25, 0.3) is 0 Å². The predicted octanol–water partition coefficient (Wildman–Crippen LogP) is 2.41. The number of carboxylic acid groups (broad SMARTS) is 1. The summed E-state index contributed by atoms with van der Waals surface area (Å²) in [5.74, 6) is -0.455. The third-order valence-corrected chi connectivity index (χ3v) is 5.97. The van der Waals surface area contributed by atoms with E-state index in [0.29, 0.717) is 17.5 Å². The number of carbonyl (C=O) groups is 2. The number of carbonyl (C=O) groups excluding carboxylic acids is 1. The van der Waals surface area contributed by atoms with E-state index in [4.69, 9.17) is 0 Å². The first kappa shape index (κ1) is 17.0. The lowest BCUT2D eigenvalue weighted by Gasteiger charge is -2.16. The normalized spacial score (nSPS) is 19.5. The molecule has 2 aromatic rings. The minimum atomic E-state index is -0.959. The minimum absolute atomic E-state index is 0.0206. The van der Waals surface area contributed by atoms with Crippen LogP contribution in [-0.4, -0.2) is 43.5 Å². The van der Waals surface area contributed by atoms with Crippen LogP contribution in [0.1, 0.15) is 32.2 Å². The molecule has 9 heteroatoms. The number of aromatic nitrogens is 3. The average molecular weight is 366 g/mol. The average Bonchev–Trinajstić information content (AvgIpc) is 3.17. The molecule has 0 radical (unpaired) electrons. The van der Waals surface area contributed by atoms with E-state index in [-0.39, 0.29) is 11.2 Å². The summed E-state index contributed by atoms with van der Waals surface area (Å²) in [6.07, 6.45) is 2.66. The van der Waals surface area contributed by atoms with Gasteiger partial charge in [0.15, 0.2) is 11.0 Å². The van der Waals surface area contributed by atoms with Gasteiger partial charge >= 0.3 is 5.97 Å². The number of nitrogens with zero attached hydrogens (tertiary/aromatic N) is 3. The lowest BCUT2D eigenvalue weighted by Crippen LogP contribution is -2.31. The number of aliphatic carboxylic acids is 1. The number of hydrogen-bond acceptors (Lipinski definition) is 6. The molecule has 1 aliphatic rings. The van der Waals surface area contributed by atoms with Gasteiger partial charge < -0.3 is 10.4 Å². The van der Waals surface area contributed by atoms with Gasteiger partial charge in [0.1, 0.15) is 6.04 Å². The second-order valence-electron chi connectivity index (χ2n) is 5.56. The Balaban J connectivity index is 1.95. The molecule has 1 saturated heterocycles. The standard InChI is InChI=1S/C15H18N4O3S2/c1-9(14(21)22)19-12(10-6-4-8-23-10)17-18-15(19)24-11-5-2-3-7-16-13(11)20/h4,6,8-9,11H,2-3,5,7H2,1H3,(H,16,20)(H,21,22). The first-order valence-corrected chi connectivity index (χ1v) is 9.50. The van der Waals surface area contributed by atoms with Crippen molar-refractivity contribution in [2.75, 3.05) is 6.54 Å². The van der Waals surface area contributed by atoms with Crippen LogP contribution in [0.4, 0.5) is 0 Å². The van der Waals surface area contributed by atoms with Crippen molar-refractivity contribution < 1.29 is 14.7 Å². The Morgan fingerprint density at radius 2 is 2.33 bits per heavy atom. The van der Waals surface area contributed by atoms with Crippen molar-refractivity contribution in [2.24, 2.45) is 0 Å². The zero-order valence-electron chi connectivity index (χ0n) is 13.1. The summed E-state index contributed by atoms with van der Waals surface area (Å²) in [7, 11) is 0. The summed E-state index contributed by atoms with van der Waals surface area (Å²) in [6, 6.07) is 2.95. The van der Waals surface area contributed by atoms with Crippen molar-refractivity contribution >= 4 is 35.0 Å². The molecule has 3 rings (SSSR count). The van der Waals surface area contributed by atoms with Crippen molar-refractivity contribution in [3.8, 4) is 10.7 Å². The number of amides is 1. The van der Waals surface area contributed by atoms with Gasteiger partial charge in [0, 0.05) is 6.54 Å². The molecular weight excluding hydrogens is 348 g/mol. The van der Waals surface area contributed by atoms with Crippen molar-refractivity contribution in [1.29, 1.82) is 0 Å². The molecule has 24 heavy (non-hydrogen) atoms. The molecule has 2 N–H and O–H groups in total. The fraction of sp³-hybridized carbons (Fsp3) is 0.467. The second-order valence-corrected chi connectivity index (χ2v) is 7.68. The van der Waals surface area contributed by atoms with E-state index in [9.17, 15) is 14.7 Å². The maximum atomic E-state index is 12.2. The SMILES string of the molecule is CC(C(=O)O)n1c(SC2CCCCNC2=O)nnc1-c1cccs1. The number of nitrogens with one attached hydrogen (secondary N) is 1. The van der Waals surface area contributed by atoms with Gasteiger partial charge in [-0.1, -0.05) is 24.2 Å². The Morgan fingerprint density at radius 3 is 3.04 bits per heavy atom. The Morgan fingerprint density at radius 1 is 1.50 bits per heavy atom. The zero-order valence-corrected chi connectivity index (χ0v) is 14.8. The van der Waals surface area contributed by atoms with E-state index in [1.54, 1.807) is 11.5 Å². The molecule has 2 unspecified atom stereocenters. The summed E-state index contributed by atoms with van der Waals surface area (Å²) in [6.45, 7) is 2.29. The van der Waals surface area contributed by atoms with Crippen LogP contribution >= 0.6 is 23.1 Å². The van der Waals surface area contributed by atoms with Crippen molar-refractivity contribution in [3.63, 3.8) is 0 Å². The number of thiophene rings is 1. The van der Waals surface area contributed by atoms with Crippen LogP contribution in [-0.2, 0) is 9.59 Å². The van der Waals surface area contributed by atoms with Crippen molar-refractivity contribution in [2.45, 2.75) is 42.6 Å². The molecule has 128 valence electrons. The molecule has 1 aliphatic heterocycles. The number of carboxylic acids is 1. The molecule has 0 bridgehead atoms. The Bertz CT molecular complexity index is 729. The highest BCUT2D eigenvalue weighted by molar-refractivity contribution is 8.00. The lowest BCUT2D eigenvalue weighted by atomic mass is 10.2. The summed E-state index contributed by atoms with van der Waals surface area (Å²) < 4.78 is 1.61. The van der Waals surface area contributed by atoms with Gasteiger partial charge in [-0.2, -0.15) is 0 Å². The van der Waals surface area contributed by atoms with Gasteiger partial charge in [-0.3, -0.25) is 9.36 Å². The Hall–Kier alpha value is -1.87. The Labute approximate surface area is 147 Å². The number of rotatable bonds is 5. The molecule has 1 amide bonds. The van der Waals surface area contributed by atoms with Crippen LogP contribution in [0.15, 0.2) is 22.7 Å². The molecular formula is C15H18N4O3S2. The maximum absolute atomic E-state index is 12.2. The molecule has 2 aromatic heterocycles. The molecule has 1 fully saturated rings. The minimum Gasteiger partial charge on any atom is -0.480 e. The molecule has 2 atom stereocenters. The first-order chi connectivity index (χ1) is 11.6. The monoisotopic (exact) mass is 366 g/mol. The van der Waals surface area contributed by atoms with Crippen LogP contribution in [0.3, 0.4) is 0 Å². The van der Waals surface area contributed by atoms with E-state index in [1.807, 2.05) is 17.5 Å². The predicted molar refractivity (Wildman–Crippen MR) is 92.2 cm³/mol. The lowest BCUT2D eigenvalue weighted by molar-refractivity contribution is -0.140. The molecule has 0 aromatic carbocycles. The number of hydrogen-bond donors (Lipinski definition) is 2. The van der Waals surface area contributed by atoms with E-state index in [0.717, 1.165) is 24.1 Å². The topological polar surface area (TPSA) is 97.1 Å². The van der Waals surface area contributed by atoms with Crippen LogP contribution < -0.4 is 5.32 Å². The molecule has 3 heterocycles. The summed E-state index contributed by atoms with van der Waals surface area (Å²) in [5, 5.41) is 22.8. The van der Waals surface area contributed by atoms with Gasteiger partial charge in [0.05, 0.1) is 10.1 Å². The third-order valence-electron chi connectivity index (χ3n) is 3.88. The highest BCUT2D eigenvalue weighted by atomic mass is 32.2. The molecule has 0 saturated carbocycles. The molecule has 0 spiro atoms. The van der Waals surface area contributed by atoms with E-state index >= 15 is 0 Å². The fourth-order valence-corrected chi connectivity index (χ4v) is 4.42. The van der Waals surface area contributed by atoms with Gasteiger partial charge in [-0.15, -0.1) is 21.5 Å². The highest BCUT2D eigenvalue weighted by Crippen LogP contribution is 2.33. The van der Waals surface area contributed by atoms with Gasteiger partial charge in [0.2, 0.25) is 5.91 Å². The smallest absolute Gasteiger partial charge is 0.326 e. The molecule has 7 nitrogen and oxygen atoms in total. The highest BCUT2D eigenvalue weighted by Gasteiger charge is 2.29. The third kappa shape index (κ3) is 3.46. The summed E-state index contributed by atoms with van der Waals surface area (Å²) in [5.41, 5.74) is 0. The maximum Gasteiger partial charge on any atom is 0.326 e. The van der Waals surface area contributed by atoms with Crippen LogP contribution in [0.2, 0.25) is 0 Å². The molecule has 0 aliphatic carbocycles. The summed E-state index contributed by atoms with van der Waals surface area (Å²) >= 11 is 2.77. The van der Waals surface area contributed by atoms with E-state index in [1.165, 1.54) is 23.1 Å². The Kier molecular flexibility index (Phi) is 5.20. The van der Waals surface area contributed by atoms with Gasteiger partial charge in [-0.25, -0.2) is 4.79 Å². The zero-order chi connectivity index (χ0) is 17.1. The van der Waals surface area contributed by atoms with Gasteiger partial charge in [-0.05, 0) is 31.2 Å². The van der Waals surface area contributed by atoms with Crippen LogP contribution in [0, 0.1) is 0 Å². The largest absolute Gasteiger partial charge is 0.480 e. The first-order valence-electron chi connectivity index (χ1n) is 7.74. The van der Waals surface area contributed by atoms with E-state index in [2.05, 4.69) is 15.5 Å². The summed E-state index contributed by atoms with van der Waals surface area (Å²) in [4.78, 5) is 24.5. The van der Waals surface area contributed by atoms with Crippen LogP contribution in [0.5, 0.6) is 0 Å². The van der Waals surface area contributed by atoms with E-state index < -0.39 is 12.0 Å². The van der Waals surface area contributed by atoms with Crippen LogP contribution in [0.25, 0.3) is 10.7 Å². The number of thioether (sulfide) groups is 1. The quantitative estimate of drug-likeness (QED) is 0.843. The van der Waals surface area contributed by atoms with Crippen molar-refractivity contribution in [3.05, 3.63) is 17.5 Å². The second kappa shape index (κ2) is 7.35. The fourth-order valence-electron chi connectivity index (χ4n) is 2.54. The van der Waals surface area contributed by atoms with Crippen molar-refractivity contribution in [1.82, 2.24) is 20.1 Å².